The molecule has 0 saturated heterocycles. The van der Waals surface area contributed by atoms with Crippen molar-refractivity contribution >= 4 is 37.3 Å². The summed E-state index contributed by atoms with van der Waals surface area (Å²) < 4.78 is 26.2. The van der Waals surface area contributed by atoms with Crippen LogP contribution in [0.2, 0.25) is 0 Å². The van der Waals surface area contributed by atoms with E-state index in [1.54, 1.807) is 6.08 Å². The molecular formula is C21H22N2O3S2. The summed E-state index contributed by atoms with van der Waals surface area (Å²) >= 11 is 1.46. The summed E-state index contributed by atoms with van der Waals surface area (Å²) in [5.74, 6) is 0.00300. The molecule has 0 bridgehead atoms. The van der Waals surface area contributed by atoms with Gasteiger partial charge in [-0.2, -0.15) is 4.99 Å². The summed E-state index contributed by atoms with van der Waals surface area (Å²) in [6.07, 6.45) is 2.90. The van der Waals surface area contributed by atoms with Crippen LogP contribution in [0.3, 0.4) is 0 Å². The molecule has 0 unspecified atom stereocenters. The fraction of sp³-hybridized carbons (Fsp3) is 0.238. The van der Waals surface area contributed by atoms with Gasteiger partial charge in [-0.15, -0.1) is 6.58 Å². The fourth-order valence-electron chi connectivity index (χ4n) is 2.84. The van der Waals surface area contributed by atoms with E-state index < -0.39 is 15.7 Å². The van der Waals surface area contributed by atoms with Crippen LogP contribution >= 0.6 is 11.3 Å². The Kier molecular flexibility index (Phi) is 5.67. The number of aromatic nitrogens is 1. The molecule has 1 aromatic heterocycles. The number of amides is 1. The van der Waals surface area contributed by atoms with Gasteiger partial charge in [-0.25, -0.2) is 8.42 Å². The van der Waals surface area contributed by atoms with Gasteiger partial charge in [0.2, 0.25) is 0 Å². The van der Waals surface area contributed by atoms with Crippen LogP contribution in [0.5, 0.6) is 0 Å². The average molecular weight is 415 g/mol. The molecule has 0 aliphatic carbocycles. The van der Waals surface area contributed by atoms with Crippen molar-refractivity contribution < 1.29 is 13.2 Å². The SMILES string of the molecule is C=CCn1c(=NC(=O)c2ccc(S(C)(=O)=O)cc2)sc2cc(C(C)C)ccc21. The minimum absolute atomic E-state index is 0.175. The minimum Gasteiger partial charge on any atom is -0.312 e. The third kappa shape index (κ3) is 4.15. The van der Waals surface area contributed by atoms with E-state index in [0.717, 1.165) is 16.5 Å². The van der Waals surface area contributed by atoms with Gasteiger partial charge in [-0.05, 0) is 47.9 Å². The molecule has 2 aromatic carbocycles. The predicted molar refractivity (Wildman–Crippen MR) is 114 cm³/mol. The van der Waals surface area contributed by atoms with E-state index >= 15 is 0 Å². The standard InChI is InChI=1S/C21H22N2O3S2/c1-5-12-23-18-11-8-16(14(2)3)13-19(18)27-21(23)22-20(24)15-6-9-17(10-7-15)28(4,25)26/h5-11,13-14H,1,12H2,2-4H3. The zero-order valence-corrected chi connectivity index (χ0v) is 17.7. The molecule has 146 valence electrons. The molecule has 0 saturated carbocycles. The minimum atomic E-state index is -3.30. The largest absolute Gasteiger partial charge is 0.312 e. The van der Waals surface area contributed by atoms with E-state index in [0.29, 0.717) is 22.8 Å². The maximum Gasteiger partial charge on any atom is 0.279 e. The van der Waals surface area contributed by atoms with Gasteiger partial charge in [-0.3, -0.25) is 4.79 Å². The summed E-state index contributed by atoms with van der Waals surface area (Å²) in [6, 6.07) is 12.1. The number of allylic oxidation sites excluding steroid dienone is 1. The van der Waals surface area contributed by atoms with Crippen LogP contribution in [0.25, 0.3) is 10.2 Å². The number of sulfone groups is 1. The van der Waals surface area contributed by atoms with Gasteiger partial charge in [0.05, 0.1) is 15.1 Å². The fourth-order valence-corrected chi connectivity index (χ4v) is 4.55. The van der Waals surface area contributed by atoms with E-state index in [2.05, 4.69) is 43.6 Å². The predicted octanol–water partition coefficient (Wildman–Crippen LogP) is 4.16. The van der Waals surface area contributed by atoms with E-state index in [1.807, 2.05) is 4.57 Å². The Balaban J connectivity index is 2.08. The van der Waals surface area contributed by atoms with Gasteiger partial charge < -0.3 is 4.57 Å². The maximum atomic E-state index is 12.6. The van der Waals surface area contributed by atoms with Crippen LogP contribution < -0.4 is 4.80 Å². The monoisotopic (exact) mass is 414 g/mol. The van der Waals surface area contributed by atoms with Gasteiger partial charge in [0.25, 0.3) is 5.91 Å². The van der Waals surface area contributed by atoms with Crippen molar-refractivity contribution in [1.82, 2.24) is 4.57 Å². The number of nitrogens with zero attached hydrogens (tertiary/aromatic N) is 2. The van der Waals surface area contributed by atoms with E-state index in [-0.39, 0.29) is 4.90 Å². The van der Waals surface area contributed by atoms with Gasteiger partial charge in [0.1, 0.15) is 0 Å². The number of carbonyl (C=O) groups is 1. The number of benzene rings is 2. The third-order valence-electron chi connectivity index (χ3n) is 4.41. The number of thiazole rings is 1. The molecule has 1 amide bonds. The zero-order chi connectivity index (χ0) is 20.5. The Morgan fingerprint density at radius 2 is 1.89 bits per heavy atom. The van der Waals surface area contributed by atoms with Crippen LogP contribution in [-0.2, 0) is 16.4 Å². The molecule has 0 radical (unpaired) electrons. The summed E-state index contributed by atoms with van der Waals surface area (Å²) in [5.41, 5.74) is 2.58. The summed E-state index contributed by atoms with van der Waals surface area (Å²) in [6.45, 7) is 8.62. The van der Waals surface area contributed by atoms with Gasteiger partial charge >= 0.3 is 0 Å². The highest BCUT2D eigenvalue weighted by Gasteiger charge is 2.12. The van der Waals surface area contributed by atoms with Gasteiger partial charge in [-0.1, -0.05) is 37.3 Å². The van der Waals surface area contributed by atoms with Crippen LogP contribution in [-0.4, -0.2) is 25.1 Å². The number of hydrogen-bond donors (Lipinski definition) is 0. The first-order valence-corrected chi connectivity index (χ1v) is 11.5. The summed E-state index contributed by atoms with van der Waals surface area (Å²) in [4.78, 5) is 17.7. The van der Waals surface area contributed by atoms with E-state index in [4.69, 9.17) is 0 Å². The average Bonchev–Trinajstić information content (AvgIpc) is 2.98. The molecular weight excluding hydrogens is 392 g/mol. The van der Waals surface area contributed by atoms with Crippen molar-refractivity contribution in [1.29, 1.82) is 0 Å². The second kappa shape index (κ2) is 7.85. The van der Waals surface area contributed by atoms with Crippen LogP contribution in [0.1, 0.15) is 35.7 Å². The molecule has 0 aliphatic heterocycles. The number of carbonyl (C=O) groups excluding carboxylic acids is 1. The first kappa shape index (κ1) is 20.2. The smallest absolute Gasteiger partial charge is 0.279 e. The highest BCUT2D eigenvalue weighted by molar-refractivity contribution is 7.90. The highest BCUT2D eigenvalue weighted by atomic mass is 32.2. The Morgan fingerprint density at radius 3 is 2.46 bits per heavy atom. The molecule has 3 aromatic rings. The van der Waals surface area contributed by atoms with Crippen LogP contribution in [0, 0.1) is 0 Å². The second-order valence-corrected chi connectivity index (χ2v) is 9.90. The molecule has 7 heteroatoms. The number of hydrogen-bond acceptors (Lipinski definition) is 4. The van der Waals surface area contributed by atoms with Crippen molar-refractivity contribution in [2.45, 2.75) is 31.2 Å². The lowest BCUT2D eigenvalue weighted by Gasteiger charge is -2.06. The summed E-state index contributed by atoms with van der Waals surface area (Å²) in [5, 5.41) is 0. The topological polar surface area (TPSA) is 68.5 Å². The van der Waals surface area contributed by atoms with E-state index in [9.17, 15) is 13.2 Å². The first-order chi connectivity index (χ1) is 13.2. The van der Waals surface area contributed by atoms with Crippen molar-refractivity contribution in [3.8, 4) is 0 Å². The van der Waals surface area contributed by atoms with Crippen LogP contribution in [0.15, 0.2) is 65.0 Å². The molecule has 5 nitrogen and oxygen atoms in total. The lowest BCUT2D eigenvalue weighted by atomic mass is 10.0. The lowest BCUT2D eigenvalue weighted by Crippen LogP contribution is -2.16. The Hall–Kier alpha value is -2.51. The van der Waals surface area contributed by atoms with Crippen LogP contribution in [0.4, 0.5) is 0 Å². The molecule has 0 fully saturated rings. The lowest BCUT2D eigenvalue weighted by molar-refractivity contribution is 0.0998. The zero-order valence-electron chi connectivity index (χ0n) is 16.0. The highest BCUT2D eigenvalue weighted by Crippen LogP contribution is 2.23. The molecule has 0 N–H and O–H groups in total. The normalized spacial score (nSPS) is 12.6. The van der Waals surface area contributed by atoms with Gasteiger partial charge in [0, 0.05) is 18.4 Å². The molecule has 3 rings (SSSR count). The molecule has 28 heavy (non-hydrogen) atoms. The Morgan fingerprint density at radius 1 is 1.21 bits per heavy atom. The Labute approximate surface area is 168 Å². The molecule has 0 aliphatic rings. The van der Waals surface area contributed by atoms with Crippen molar-refractivity contribution in [2.24, 2.45) is 4.99 Å². The first-order valence-electron chi connectivity index (χ1n) is 8.84. The van der Waals surface area contributed by atoms with E-state index in [1.165, 1.54) is 41.2 Å². The van der Waals surface area contributed by atoms with Crippen molar-refractivity contribution in [2.75, 3.05) is 6.26 Å². The summed E-state index contributed by atoms with van der Waals surface area (Å²) in [7, 11) is -3.30. The molecule has 0 atom stereocenters. The number of fused-ring (bicyclic) bond motifs is 1. The third-order valence-corrected chi connectivity index (χ3v) is 6.58. The number of rotatable bonds is 5. The van der Waals surface area contributed by atoms with Gasteiger partial charge in [0.15, 0.2) is 14.6 Å². The maximum absolute atomic E-state index is 12.6. The molecule has 0 spiro atoms. The Bertz CT molecular complexity index is 1210. The van der Waals surface area contributed by atoms with Crippen molar-refractivity contribution in [3.05, 3.63) is 71.0 Å². The molecule has 1 heterocycles. The quantitative estimate of drug-likeness (QED) is 0.589. The second-order valence-electron chi connectivity index (χ2n) is 6.88. The van der Waals surface area contributed by atoms with Crippen molar-refractivity contribution in [3.63, 3.8) is 0 Å².